The van der Waals surface area contributed by atoms with Gasteiger partial charge in [0.05, 0.1) is 6.04 Å². The molecule has 0 spiro atoms. The van der Waals surface area contributed by atoms with Gasteiger partial charge in [0.15, 0.2) is 0 Å². The Morgan fingerprint density at radius 3 is 2.57 bits per heavy atom. The summed E-state index contributed by atoms with van der Waals surface area (Å²) >= 11 is 0. The van der Waals surface area contributed by atoms with Gasteiger partial charge in [-0.25, -0.2) is 4.79 Å². The molecule has 0 aliphatic carbocycles. The summed E-state index contributed by atoms with van der Waals surface area (Å²) in [6.45, 7) is 1.93. The average molecular weight is 281 g/mol. The van der Waals surface area contributed by atoms with Gasteiger partial charge in [-0.1, -0.05) is 30.3 Å². The Bertz CT molecular complexity index is 791. The number of benzene rings is 2. The lowest BCUT2D eigenvalue weighted by atomic mass is 10.1. The number of hydrogen-bond acceptors (Lipinski definition) is 3. The predicted molar refractivity (Wildman–Crippen MR) is 81.7 cm³/mol. The number of rotatable bonds is 4. The summed E-state index contributed by atoms with van der Waals surface area (Å²) in [5, 5.41) is 14.5. The van der Waals surface area contributed by atoms with Gasteiger partial charge in [0.25, 0.3) is 0 Å². The molecule has 2 N–H and O–H groups in total. The molecule has 0 fully saturated rings. The van der Waals surface area contributed by atoms with Crippen LogP contribution in [0, 0.1) is 0 Å². The third-order valence-electron chi connectivity index (χ3n) is 3.40. The maximum Gasteiger partial charge on any atom is 0.371 e. The highest BCUT2D eigenvalue weighted by Gasteiger charge is 2.14. The highest BCUT2D eigenvalue weighted by atomic mass is 16.4. The van der Waals surface area contributed by atoms with Gasteiger partial charge in [-0.3, -0.25) is 0 Å². The first kappa shape index (κ1) is 13.2. The van der Waals surface area contributed by atoms with Crippen LogP contribution >= 0.6 is 0 Å². The molecule has 106 valence electrons. The second-order valence-electron chi connectivity index (χ2n) is 4.94. The molecule has 0 saturated heterocycles. The van der Waals surface area contributed by atoms with Gasteiger partial charge in [0, 0.05) is 5.69 Å². The van der Waals surface area contributed by atoms with Gasteiger partial charge in [0.2, 0.25) is 5.76 Å². The molecule has 1 aromatic heterocycles. The molecule has 1 heterocycles. The molecular formula is C17H15NO3. The van der Waals surface area contributed by atoms with E-state index in [1.807, 2.05) is 25.1 Å². The van der Waals surface area contributed by atoms with E-state index < -0.39 is 5.97 Å². The third-order valence-corrected chi connectivity index (χ3v) is 3.40. The van der Waals surface area contributed by atoms with E-state index in [1.165, 1.54) is 11.5 Å². The van der Waals surface area contributed by atoms with Gasteiger partial charge in [-0.05, 0) is 42.0 Å². The molecule has 0 saturated carbocycles. The van der Waals surface area contributed by atoms with Crippen molar-refractivity contribution >= 4 is 22.4 Å². The van der Waals surface area contributed by atoms with Crippen LogP contribution in [-0.4, -0.2) is 11.1 Å². The standard InChI is InChI=1S/C17H15NO3/c1-11(15-8-9-16(21-15)17(19)20)18-14-7-6-12-4-2-3-5-13(12)10-14/h2-11,18H,1H3,(H,19,20). The number of furan rings is 1. The number of aromatic carboxylic acids is 1. The zero-order valence-electron chi connectivity index (χ0n) is 11.5. The summed E-state index contributed by atoms with van der Waals surface area (Å²) in [5.41, 5.74) is 0.967. The topological polar surface area (TPSA) is 62.5 Å². The van der Waals surface area contributed by atoms with E-state index in [1.54, 1.807) is 6.07 Å². The highest BCUT2D eigenvalue weighted by Crippen LogP contribution is 2.24. The van der Waals surface area contributed by atoms with E-state index in [0.29, 0.717) is 5.76 Å². The van der Waals surface area contributed by atoms with E-state index in [0.717, 1.165) is 11.1 Å². The van der Waals surface area contributed by atoms with Crippen LogP contribution in [0.5, 0.6) is 0 Å². The number of carbonyl (C=O) groups is 1. The van der Waals surface area contributed by atoms with Crippen molar-refractivity contribution in [1.29, 1.82) is 0 Å². The first-order chi connectivity index (χ1) is 10.1. The summed E-state index contributed by atoms with van der Waals surface area (Å²) in [6, 6.07) is 17.3. The van der Waals surface area contributed by atoms with Crippen LogP contribution in [0.1, 0.15) is 29.3 Å². The summed E-state index contributed by atoms with van der Waals surface area (Å²) in [5.74, 6) is -0.503. The van der Waals surface area contributed by atoms with Crippen molar-refractivity contribution in [3.05, 3.63) is 66.1 Å². The quantitative estimate of drug-likeness (QED) is 0.748. The molecule has 3 aromatic rings. The van der Waals surface area contributed by atoms with Crippen LogP contribution in [0.25, 0.3) is 10.8 Å². The fraction of sp³-hybridized carbons (Fsp3) is 0.118. The van der Waals surface area contributed by atoms with Gasteiger partial charge < -0.3 is 14.8 Å². The Morgan fingerprint density at radius 1 is 1.10 bits per heavy atom. The molecule has 3 rings (SSSR count). The normalized spacial score (nSPS) is 12.2. The Kier molecular flexibility index (Phi) is 3.36. The Morgan fingerprint density at radius 2 is 1.86 bits per heavy atom. The summed E-state index contributed by atoms with van der Waals surface area (Å²) in [4.78, 5) is 10.8. The zero-order chi connectivity index (χ0) is 14.8. The molecule has 0 amide bonds. The second-order valence-corrected chi connectivity index (χ2v) is 4.94. The molecule has 1 atom stereocenters. The number of hydrogen-bond donors (Lipinski definition) is 2. The van der Waals surface area contributed by atoms with Crippen molar-refractivity contribution in [3.63, 3.8) is 0 Å². The third kappa shape index (κ3) is 2.74. The molecule has 0 aliphatic rings. The van der Waals surface area contributed by atoms with E-state index in [2.05, 4.69) is 29.6 Å². The number of carboxylic acid groups (broad SMARTS) is 1. The smallest absolute Gasteiger partial charge is 0.371 e. The van der Waals surface area contributed by atoms with Crippen molar-refractivity contribution in [2.24, 2.45) is 0 Å². The molecule has 1 unspecified atom stereocenters. The lowest BCUT2D eigenvalue weighted by Crippen LogP contribution is -2.05. The first-order valence-corrected chi connectivity index (χ1v) is 6.72. The second kappa shape index (κ2) is 5.32. The minimum absolute atomic E-state index is 0.0443. The number of fused-ring (bicyclic) bond motifs is 1. The number of nitrogens with one attached hydrogen (secondary N) is 1. The highest BCUT2D eigenvalue weighted by molar-refractivity contribution is 5.86. The lowest BCUT2D eigenvalue weighted by Gasteiger charge is -2.13. The van der Waals surface area contributed by atoms with Crippen LogP contribution in [0.4, 0.5) is 5.69 Å². The molecule has 0 bridgehead atoms. The molecule has 0 radical (unpaired) electrons. The predicted octanol–water partition coefficient (Wildman–Crippen LogP) is 4.30. The Hall–Kier alpha value is -2.75. The monoisotopic (exact) mass is 281 g/mol. The number of anilines is 1. The molecule has 21 heavy (non-hydrogen) atoms. The van der Waals surface area contributed by atoms with Crippen LogP contribution in [0.15, 0.2) is 59.0 Å². The Labute approximate surface area is 122 Å². The van der Waals surface area contributed by atoms with Gasteiger partial charge in [0.1, 0.15) is 5.76 Å². The van der Waals surface area contributed by atoms with Crippen molar-refractivity contribution in [2.45, 2.75) is 13.0 Å². The fourth-order valence-corrected chi connectivity index (χ4v) is 2.30. The maximum atomic E-state index is 10.8. The molecular weight excluding hydrogens is 266 g/mol. The largest absolute Gasteiger partial charge is 0.475 e. The maximum absolute atomic E-state index is 10.8. The fourth-order valence-electron chi connectivity index (χ4n) is 2.30. The van der Waals surface area contributed by atoms with Crippen molar-refractivity contribution in [3.8, 4) is 0 Å². The number of carboxylic acids is 1. The molecule has 4 nitrogen and oxygen atoms in total. The molecule has 2 aromatic carbocycles. The molecule has 4 heteroatoms. The minimum Gasteiger partial charge on any atom is -0.475 e. The van der Waals surface area contributed by atoms with Crippen molar-refractivity contribution in [1.82, 2.24) is 0 Å². The first-order valence-electron chi connectivity index (χ1n) is 6.72. The van der Waals surface area contributed by atoms with Crippen LogP contribution in [-0.2, 0) is 0 Å². The molecule has 0 aliphatic heterocycles. The van der Waals surface area contributed by atoms with E-state index in [9.17, 15) is 4.79 Å². The van der Waals surface area contributed by atoms with E-state index >= 15 is 0 Å². The summed E-state index contributed by atoms with van der Waals surface area (Å²) in [6.07, 6.45) is 0. The average Bonchev–Trinajstić information content (AvgIpc) is 2.97. The summed E-state index contributed by atoms with van der Waals surface area (Å²) in [7, 11) is 0. The van der Waals surface area contributed by atoms with E-state index in [-0.39, 0.29) is 11.8 Å². The van der Waals surface area contributed by atoms with Crippen molar-refractivity contribution in [2.75, 3.05) is 5.32 Å². The minimum atomic E-state index is -1.06. The van der Waals surface area contributed by atoms with Crippen LogP contribution < -0.4 is 5.32 Å². The van der Waals surface area contributed by atoms with E-state index in [4.69, 9.17) is 9.52 Å². The summed E-state index contributed by atoms with van der Waals surface area (Å²) < 4.78 is 5.30. The van der Waals surface area contributed by atoms with Gasteiger partial charge >= 0.3 is 5.97 Å². The van der Waals surface area contributed by atoms with Gasteiger partial charge in [-0.15, -0.1) is 0 Å². The van der Waals surface area contributed by atoms with Crippen LogP contribution in [0.3, 0.4) is 0 Å². The van der Waals surface area contributed by atoms with Gasteiger partial charge in [-0.2, -0.15) is 0 Å². The van der Waals surface area contributed by atoms with Crippen LogP contribution in [0.2, 0.25) is 0 Å². The van der Waals surface area contributed by atoms with Crippen molar-refractivity contribution < 1.29 is 14.3 Å². The SMILES string of the molecule is CC(Nc1ccc2ccccc2c1)c1ccc(C(=O)O)o1. The lowest BCUT2D eigenvalue weighted by molar-refractivity contribution is 0.0660. The zero-order valence-corrected chi connectivity index (χ0v) is 11.5. The Balaban J connectivity index is 1.81.